The fourth-order valence-corrected chi connectivity index (χ4v) is 2.38. The molecule has 0 saturated carbocycles. The van der Waals surface area contributed by atoms with E-state index in [1.165, 1.54) is 6.07 Å². The van der Waals surface area contributed by atoms with Crippen LogP contribution in [0.1, 0.15) is 12.7 Å². The minimum absolute atomic E-state index is 0.303. The molecule has 3 nitrogen and oxygen atoms in total. The Bertz CT molecular complexity index is 540. The van der Waals surface area contributed by atoms with Gasteiger partial charge in [-0.1, -0.05) is 31.9 Å². The first kappa shape index (κ1) is 12.7. The van der Waals surface area contributed by atoms with Crippen molar-refractivity contribution in [3.8, 4) is 11.4 Å². The zero-order valence-corrected chi connectivity index (χ0v) is 12.3. The van der Waals surface area contributed by atoms with E-state index >= 15 is 0 Å². The predicted molar refractivity (Wildman–Crippen MR) is 71.4 cm³/mol. The molecular weight excluding hydrogens is 353 g/mol. The Hall–Kier alpha value is -0.750. The lowest BCUT2D eigenvalue weighted by Crippen LogP contribution is -2.02. The molecule has 1 heterocycles. The minimum atomic E-state index is -0.303. The van der Waals surface area contributed by atoms with E-state index in [1.807, 2.05) is 11.5 Å². The van der Waals surface area contributed by atoms with Crippen LogP contribution < -0.4 is 0 Å². The first-order valence-corrected chi connectivity index (χ1v) is 7.02. The van der Waals surface area contributed by atoms with Gasteiger partial charge in [-0.2, -0.15) is 0 Å². The van der Waals surface area contributed by atoms with Crippen LogP contribution in [-0.4, -0.2) is 14.8 Å². The SMILES string of the molecule is CCn1c(CBr)nnc1-c1ccc(Br)cc1F. The topological polar surface area (TPSA) is 30.7 Å². The van der Waals surface area contributed by atoms with E-state index in [0.29, 0.717) is 27.7 Å². The molecule has 0 aliphatic carbocycles. The Balaban J connectivity index is 2.56. The van der Waals surface area contributed by atoms with Crippen molar-refractivity contribution in [3.05, 3.63) is 34.3 Å². The van der Waals surface area contributed by atoms with Gasteiger partial charge in [-0.05, 0) is 25.1 Å². The van der Waals surface area contributed by atoms with Gasteiger partial charge in [0.1, 0.15) is 11.6 Å². The number of hydrogen-bond donors (Lipinski definition) is 0. The molecule has 0 saturated heterocycles. The van der Waals surface area contributed by atoms with Crippen molar-refractivity contribution in [3.63, 3.8) is 0 Å². The molecule has 0 aliphatic heterocycles. The highest BCUT2D eigenvalue weighted by Gasteiger charge is 2.15. The summed E-state index contributed by atoms with van der Waals surface area (Å²) in [5, 5.41) is 8.68. The van der Waals surface area contributed by atoms with Gasteiger partial charge in [0.25, 0.3) is 0 Å². The Kier molecular flexibility index (Phi) is 3.93. The van der Waals surface area contributed by atoms with E-state index < -0.39 is 0 Å². The number of rotatable bonds is 3. The first-order valence-electron chi connectivity index (χ1n) is 5.10. The molecule has 0 aliphatic rings. The van der Waals surface area contributed by atoms with Gasteiger partial charge in [0.2, 0.25) is 0 Å². The molecule has 0 spiro atoms. The average molecular weight is 363 g/mol. The summed E-state index contributed by atoms with van der Waals surface area (Å²) in [6, 6.07) is 4.92. The van der Waals surface area contributed by atoms with Crippen LogP contribution >= 0.6 is 31.9 Å². The van der Waals surface area contributed by atoms with Crippen LogP contribution in [0.25, 0.3) is 11.4 Å². The van der Waals surface area contributed by atoms with E-state index in [9.17, 15) is 4.39 Å². The Morgan fingerprint density at radius 3 is 2.71 bits per heavy atom. The molecule has 17 heavy (non-hydrogen) atoms. The minimum Gasteiger partial charge on any atom is -0.310 e. The van der Waals surface area contributed by atoms with E-state index in [-0.39, 0.29) is 5.82 Å². The molecular formula is C11H10Br2FN3. The number of nitrogens with zero attached hydrogens (tertiary/aromatic N) is 3. The number of alkyl halides is 1. The first-order chi connectivity index (χ1) is 8.17. The van der Waals surface area contributed by atoms with Gasteiger partial charge in [-0.3, -0.25) is 0 Å². The molecule has 1 aromatic carbocycles. The average Bonchev–Trinajstić information content (AvgIpc) is 2.71. The van der Waals surface area contributed by atoms with Gasteiger partial charge >= 0.3 is 0 Å². The Morgan fingerprint density at radius 2 is 2.12 bits per heavy atom. The van der Waals surface area contributed by atoms with Gasteiger partial charge in [0.05, 0.1) is 10.9 Å². The molecule has 0 atom stereocenters. The molecule has 2 rings (SSSR count). The Morgan fingerprint density at radius 1 is 1.35 bits per heavy atom. The fourth-order valence-electron chi connectivity index (χ4n) is 1.64. The van der Waals surface area contributed by atoms with Crippen molar-refractivity contribution in [2.45, 2.75) is 18.8 Å². The molecule has 0 N–H and O–H groups in total. The van der Waals surface area contributed by atoms with Gasteiger partial charge in [0.15, 0.2) is 5.82 Å². The zero-order valence-electron chi connectivity index (χ0n) is 9.12. The normalized spacial score (nSPS) is 10.8. The zero-order chi connectivity index (χ0) is 12.4. The largest absolute Gasteiger partial charge is 0.310 e. The van der Waals surface area contributed by atoms with Gasteiger partial charge < -0.3 is 4.57 Å². The maximum atomic E-state index is 13.8. The summed E-state index contributed by atoms with van der Waals surface area (Å²) in [6.07, 6.45) is 0. The summed E-state index contributed by atoms with van der Waals surface area (Å²) in [7, 11) is 0. The van der Waals surface area contributed by atoms with Crippen LogP contribution in [0.15, 0.2) is 22.7 Å². The quantitative estimate of drug-likeness (QED) is 0.778. The van der Waals surface area contributed by atoms with Crippen molar-refractivity contribution >= 4 is 31.9 Å². The van der Waals surface area contributed by atoms with E-state index in [1.54, 1.807) is 12.1 Å². The molecule has 0 unspecified atom stereocenters. The molecule has 90 valence electrons. The number of hydrogen-bond acceptors (Lipinski definition) is 2. The third kappa shape index (κ3) is 2.42. The maximum absolute atomic E-state index is 13.8. The van der Waals surface area contributed by atoms with Crippen LogP contribution in [0.3, 0.4) is 0 Å². The molecule has 0 bridgehead atoms. The predicted octanol–water partition coefficient (Wildman–Crippen LogP) is 3.76. The van der Waals surface area contributed by atoms with Crippen molar-refractivity contribution in [1.29, 1.82) is 0 Å². The summed E-state index contributed by atoms with van der Waals surface area (Å²) < 4.78 is 16.4. The summed E-state index contributed by atoms with van der Waals surface area (Å²) in [4.78, 5) is 0. The number of aromatic nitrogens is 3. The van der Waals surface area contributed by atoms with Crippen LogP contribution in [0.2, 0.25) is 0 Å². The van der Waals surface area contributed by atoms with E-state index in [4.69, 9.17) is 0 Å². The monoisotopic (exact) mass is 361 g/mol. The highest BCUT2D eigenvalue weighted by Crippen LogP contribution is 2.25. The smallest absolute Gasteiger partial charge is 0.166 e. The maximum Gasteiger partial charge on any atom is 0.166 e. The van der Waals surface area contributed by atoms with E-state index in [0.717, 1.165) is 5.82 Å². The van der Waals surface area contributed by atoms with Crippen molar-refractivity contribution in [2.24, 2.45) is 0 Å². The van der Waals surface area contributed by atoms with Crippen molar-refractivity contribution in [1.82, 2.24) is 14.8 Å². The standard InChI is InChI=1S/C11H10Br2FN3/c1-2-17-10(6-12)15-16-11(17)8-4-3-7(13)5-9(8)14/h3-5H,2,6H2,1H3. The van der Waals surface area contributed by atoms with Gasteiger partial charge in [-0.25, -0.2) is 4.39 Å². The van der Waals surface area contributed by atoms with Crippen molar-refractivity contribution < 1.29 is 4.39 Å². The third-order valence-corrected chi connectivity index (χ3v) is 3.43. The summed E-state index contributed by atoms with van der Waals surface area (Å²) in [5.74, 6) is 1.05. The number of halogens is 3. The molecule has 2 aromatic rings. The highest BCUT2D eigenvalue weighted by atomic mass is 79.9. The second-order valence-corrected chi connectivity index (χ2v) is 4.92. The van der Waals surface area contributed by atoms with Crippen LogP contribution in [0.4, 0.5) is 4.39 Å². The van der Waals surface area contributed by atoms with Crippen LogP contribution in [-0.2, 0) is 11.9 Å². The third-order valence-electron chi connectivity index (χ3n) is 2.44. The highest BCUT2D eigenvalue weighted by molar-refractivity contribution is 9.10. The van der Waals surface area contributed by atoms with Crippen molar-refractivity contribution in [2.75, 3.05) is 0 Å². The summed E-state index contributed by atoms with van der Waals surface area (Å²) >= 11 is 6.57. The lowest BCUT2D eigenvalue weighted by Gasteiger charge is -2.07. The molecule has 1 aromatic heterocycles. The summed E-state index contributed by atoms with van der Waals surface area (Å²) in [5.41, 5.74) is 0.467. The van der Waals surface area contributed by atoms with Gasteiger partial charge in [0, 0.05) is 11.0 Å². The molecule has 0 amide bonds. The fraction of sp³-hybridized carbons (Fsp3) is 0.273. The molecule has 0 fully saturated rings. The lowest BCUT2D eigenvalue weighted by atomic mass is 10.2. The van der Waals surface area contributed by atoms with Gasteiger partial charge in [-0.15, -0.1) is 10.2 Å². The summed E-state index contributed by atoms with van der Waals surface area (Å²) in [6.45, 7) is 2.69. The lowest BCUT2D eigenvalue weighted by molar-refractivity contribution is 0.625. The number of benzene rings is 1. The van der Waals surface area contributed by atoms with Crippen LogP contribution in [0.5, 0.6) is 0 Å². The van der Waals surface area contributed by atoms with Crippen LogP contribution in [0, 0.1) is 5.82 Å². The van der Waals surface area contributed by atoms with E-state index in [2.05, 4.69) is 42.1 Å². The second kappa shape index (κ2) is 5.27. The Labute approximate surface area is 115 Å². The molecule has 0 radical (unpaired) electrons. The second-order valence-electron chi connectivity index (χ2n) is 3.44. The molecule has 6 heteroatoms.